The molecule has 1 aliphatic carbocycles. The summed E-state index contributed by atoms with van der Waals surface area (Å²) in [6.07, 6.45) is 11.3. The Labute approximate surface area is 171 Å². The van der Waals surface area contributed by atoms with Crippen LogP contribution in [0, 0.1) is 11.8 Å². The van der Waals surface area contributed by atoms with Gasteiger partial charge in [-0.15, -0.1) is 0 Å². The molecule has 0 saturated heterocycles. The maximum absolute atomic E-state index is 9.74. The van der Waals surface area contributed by atoms with Gasteiger partial charge >= 0.3 is 0 Å². The molecule has 0 aromatic heterocycles. The first-order chi connectivity index (χ1) is 13.5. The summed E-state index contributed by atoms with van der Waals surface area (Å²) in [6.45, 7) is 5.36. The highest BCUT2D eigenvalue weighted by molar-refractivity contribution is 5.41. The first-order valence-corrected chi connectivity index (χ1v) is 11.2. The second-order valence-corrected chi connectivity index (χ2v) is 9.09. The van der Waals surface area contributed by atoms with E-state index in [0.29, 0.717) is 5.92 Å². The molecule has 3 N–H and O–H groups in total. The maximum atomic E-state index is 9.74. The normalized spacial score (nSPS) is 16.2. The van der Waals surface area contributed by atoms with Crippen molar-refractivity contribution in [3.05, 3.63) is 23.8 Å². The van der Waals surface area contributed by atoms with Gasteiger partial charge in [0.05, 0.1) is 20.3 Å². The smallest absolute Gasteiger partial charge is 0.125 e. The molecule has 28 heavy (non-hydrogen) atoms. The maximum Gasteiger partial charge on any atom is 0.125 e. The van der Waals surface area contributed by atoms with Crippen molar-refractivity contribution in [3.63, 3.8) is 0 Å². The van der Waals surface area contributed by atoms with E-state index in [-0.39, 0.29) is 6.61 Å². The zero-order valence-corrected chi connectivity index (χ0v) is 18.2. The van der Waals surface area contributed by atoms with Gasteiger partial charge in [0, 0.05) is 11.6 Å². The molecule has 2 rings (SSSR count). The number of aliphatic hydroxyl groups is 1. The number of unbranched alkanes of at least 4 members (excludes halogenated alkanes) is 3. The summed E-state index contributed by atoms with van der Waals surface area (Å²) in [7, 11) is 1.70. The molecule has 0 bridgehead atoms. The van der Waals surface area contributed by atoms with Crippen molar-refractivity contribution in [1.29, 1.82) is 0 Å². The van der Waals surface area contributed by atoms with Gasteiger partial charge in [0.1, 0.15) is 11.5 Å². The molecule has 0 unspecified atom stereocenters. The second kappa shape index (κ2) is 11.7. The monoisotopic (exact) mass is 391 g/mol. The highest BCUT2D eigenvalue weighted by Gasteiger charge is 2.33. The van der Waals surface area contributed by atoms with Crippen molar-refractivity contribution >= 4 is 0 Å². The Bertz CT molecular complexity index is 571. The van der Waals surface area contributed by atoms with Crippen molar-refractivity contribution < 1.29 is 14.6 Å². The predicted molar refractivity (Wildman–Crippen MR) is 116 cm³/mol. The Morgan fingerprint density at radius 2 is 1.93 bits per heavy atom. The molecule has 1 saturated carbocycles. The van der Waals surface area contributed by atoms with Crippen molar-refractivity contribution in [2.45, 2.75) is 83.6 Å². The summed E-state index contributed by atoms with van der Waals surface area (Å²) in [4.78, 5) is 0. The third-order valence-corrected chi connectivity index (χ3v) is 5.80. The summed E-state index contributed by atoms with van der Waals surface area (Å²) in [5.74, 6) is 3.22. The molecule has 0 radical (unpaired) electrons. The van der Waals surface area contributed by atoms with Crippen LogP contribution in [0.5, 0.6) is 11.5 Å². The molecule has 0 spiro atoms. The predicted octanol–water partition coefficient (Wildman–Crippen LogP) is 5.10. The van der Waals surface area contributed by atoms with E-state index in [2.05, 4.69) is 19.9 Å². The van der Waals surface area contributed by atoms with Crippen LogP contribution in [-0.2, 0) is 6.42 Å². The number of nitrogens with two attached hydrogens (primary N) is 1. The summed E-state index contributed by atoms with van der Waals surface area (Å²) in [6, 6.07) is 6.08. The van der Waals surface area contributed by atoms with Crippen molar-refractivity contribution in [1.82, 2.24) is 0 Å². The summed E-state index contributed by atoms with van der Waals surface area (Å²) < 4.78 is 11.5. The van der Waals surface area contributed by atoms with Crippen molar-refractivity contribution in [3.8, 4) is 11.5 Å². The first-order valence-electron chi connectivity index (χ1n) is 11.2. The fourth-order valence-electron chi connectivity index (χ4n) is 3.75. The summed E-state index contributed by atoms with van der Waals surface area (Å²) >= 11 is 0. The van der Waals surface area contributed by atoms with E-state index in [1.807, 2.05) is 12.1 Å². The molecule has 1 atom stereocenters. The molecular weight excluding hydrogens is 350 g/mol. The molecule has 1 aromatic carbocycles. The van der Waals surface area contributed by atoms with Crippen molar-refractivity contribution in [2.24, 2.45) is 17.6 Å². The number of aryl methyl sites for hydroxylation is 1. The Morgan fingerprint density at radius 3 is 2.57 bits per heavy atom. The minimum absolute atomic E-state index is 0.0458. The van der Waals surface area contributed by atoms with Gasteiger partial charge in [-0.2, -0.15) is 0 Å². The molecule has 1 fully saturated rings. The summed E-state index contributed by atoms with van der Waals surface area (Å²) in [5, 5.41) is 9.74. The van der Waals surface area contributed by atoms with Gasteiger partial charge in [-0.25, -0.2) is 0 Å². The first kappa shape index (κ1) is 23.0. The van der Waals surface area contributed by atoms with E-state index in [0.717, 1.165) is 55.3 Å². The fourth-order valence-corrected chi connectivity index (χ4v) is 3.75. The van der Waals surface area contributed by atoms with Crippen LogP contribution in [0.25, 0.3) is 0 Å². The average Bonchev–Trinajstić information content (AvgIpc) is 3.49. The van der Waals surface area contributed by atoms with E-state index >= 15 is 0 Å². The zero-order chi connectivity index (χ0) is 20.4. The molecule has 0 aliphatic heterocycles. The van der Waals surface area contributed by atoms with Crippen LogP contribution in [0.1, 0.15) is 77.2 Å². The highest BCUT2D eigenvalue weighted by atomic mass is 16.5. The number of benzene rings is 1. The van der Waals surface area contributed by atoms with Crippen LogP contribution in [0.4, 0.5) is 0 Å². The minimum atomic E-state index is -0.475. The van der Waals surface area contributed by atoms with Gasteiger partial charge in [0.2, 0.25) is 0 Å². The number of hydrogen-bond acceptors (Lipinski definition) is 4. The molecule has 0 amide bonds. The molecular formula is C24H41NO3. The zero-order valence-electron chi connectivity index (χ0n) is 18.2. The SMILES string of the molecule is COc1cc(OCCCCCCC(C)C)ccc1CC[C@@](N)(CO)CC1CC1. The van der Waals surface area contributed by atoms with Crippen LogP contribution in [0.3, 0.4) is 0 Å². The Morgan fingerprint density at radius 1 is 1.18 bits per heavy atom. The Hall–Kier alpha value is -1.26. The second-order valence-electron chi connectivity index (χ2n) is 9.09. The number of ether oxygens (including phenoxy) is 2. The van der Waals surface area contributed by atoms with Gasteiger partial charge in [-0.1, -0.05) is 58.4 Å². The molecule has 4 nitrogen and oxygen atoms in total. The number of methoxy groups -OCH3 is 1. The van der Waals surface area contributed by atoms with Gasteiger partial charge in [0.15, 0.2) is 0 Å². The lowest BCUT2D eigenvalue weighted by Gasteiger charge is -2.27. The third-order valence-electron chi connectivity index (χ3n) is 5.80. The topological polar surface area (TPSA) is 64.7 Å². The lowest BCUT2D eigenvalue weighted by atomic mass is 9.87. The lowest BCUT2D eigenvalue weighted by Crippen LogP contribution is -2.44. The van der Waals surface area contributed by atoms with Crippen LogP contribution < -0.4 is 15.2 Å². The highest BCUT2D eigenvalue weighted by Crippen LogP contribution is 2.37. The minimum Gasteiger partial charge on any atom is -0.496 e. The molecule has 4 heteroatoms. The molecule has 160 valence electrons. The summed E-state index contributed by atoms with van der Waals surface area (Å²) in [5.41, 5.74) is 7.08. The van der Waals surface area contributed by atoms with E-state index in [1.54, 1.807) is 7.11 Å². The molecule has 1 aliphatic rings. The van der Waals surface area contributed by atoms with Gasteiger partial charge < -0.3 is 20.3 Å². The largest absolute Gasteiger partial charge is 0.496 e. The number of rotatable bonds is 15. The van der Waals surface area contributed by atoms with Gasteiger partial charge in [-0.05, 0) is 49.1 Å². The van der Waals surface area contributed by atoms with Crippen molar-refractivity contribution in [2.75, 3.05) is 20.3 Å². The average molecular weight is 392 g/mol. The van der Waals surface area contributed by atoms with Crippen LogP contribution >= 0.6 is 0 Å². The number of hydrogen-bond donors (Lipinski definition) is 2. The van der Waals surface area contributed by atoms with E-state index in [4.69, 9.17) is 15.2 Å². The fraction of sp³-hybridized carbons (Fsp3) is 0.750. The quantitative estimate of drug-likeness (QED) is 0.408. The molecule has 1 aromatic rings. The standard InChI is InChI=1S/C24H41NO3/c1-19(2)8-6-4-5-7-15-28-22-12-11-21(23(16-22)27-3)13-14-24(25,18-26)17-20-9-10-20/h11-12,16,19-20,26H,4-10,13-15,17-18,25H2,1-3H3/t24-/m0/s1. The third kappa shape index (κ3) is 8.40. The van der Waals surface area contributed by atoms with E-state index in [1.165, 1.54) is 38.5 Å². The lowest BCUT2D eigenvalue weighted by molar-refractivity contribution is 0.172. The Kier molecular flexibility index (Phi) is 9.60. The molecule has 0 heterocycles. The number of aliphatic hydroxyl groups excluding tert-OH is 1. The van der Waals surface area contributed by atoms with E-state index in [9.17, 15) is 5.11 Å². The van der Waals surface area contributed by atoms with Gasteiger partial charge in [0.25, 0.3) is 0 Å². The van der Waals surface area contributed by atoms with Crippen LogP contribution in [0.15, 0.2) is 18.2 Å². The van der Waals surface area contributed by atoms with Crippen LogP contribution in [0.2, 0.25) is 0 Å². The van der Waals surface area contributed by atoms with Crippen LogP contribution in [-0.4, -0.2) is 31.0 Å². The van der Waals surface area contributed by atoms with Gasteiger partial charge in [-0.3, -0.25) is 0 Å². The van der Waals surface area contributed by atoms with E-state index < -0.39 is 5.54 Å². The Balaban J connectivity index is 1.76.